The van der Waals surface area contributed by atoms with Gasteiger partial charge in [-0.25, -0.2) is 0 Å². The average Bonchev–Trinajstić information content (AvgIpc) is 2.46. The molecule has 0 fully saturated rings. The molecule has 5 heteroatoms. The second kappa shape index (κ2) is 6.96. The van der Waals surface area contributed by atoms with E-state index in [0.29, 0.717) is 18.1 Å². The van der Waals surface area contributed by atoms with Crippen LogP contribution < -0.4 is 9.47 Å². The molecule has 2 rings (SSSR count). The smallest absolute Gasteiger partial charge is 0.162 e. The number of oxime groups is 1. The van der Waals surface area contributed by atoms with Gasteiger partial charge in [0.25, 0.3) is 0 Å². The minimum atomic E-state index is 0.426. The molecule has 0 saturated carbocycles. The summed E-state index contributed by atoms with van der Waals surface area (Å²) in [7, 11) is 1.58. The minimum Gasteiger partial charge on any atom is -0.493 e. The van der Waals surface area contributed by atoms with Crippen LogP contribution >= 0.6 is 15.9 Å². The zero-order chi connectivity index (χ0) is 14.4. The Labute approximate surface area is 125 Å². The molecule has 0 bridgehead atoms. The molecular formula is C15H14BrNO3. The molecular weight excluding hydrogens is 322 g/mol. The molecule has 4 nitrogen and oxygen atoms in total. The van der Waals surface area contributed by atoms with Gasteiger partial charge >= 0.3 is 0 Å². The van der Waals surface area contributed by atoms with Gasteiger partial charge in [0, 0.05) is 10.0 Å². The van der Waals surface area contributed by atoms with Gasteiger partial charge in [-0.1, -0.05) is 33.2 Å². The van der Waals surface area contributed by atoms with E-state index in [1.54, 1.807) is 25.3 Å². The molecule has 0 radical (unpaired) electrons. The molecule has 0 aliphatic carbocycles. The van der Waals surface area contributed by atoms with E-state index in [1.165, 1.54) is 6.21 Å². The molecule has 0 unspecified atom stereocenters. The van der Waals surface area contributed by atoms with Crippen LogP contribution in [-0.2, 0) is 6.61 Å². The first-order chi connectivity index (χ1) is 9.72. The molecule has 1 N–H and O–H groups in total. The number of benzene rings is 2. The number of nitrogens with zero attached hydrogens (tertiary/aromatic N) is 1. The van der Waals surface area contributed by atoms with E-state index >= 15 is 0 Å². The lowest BCUT2D eigenvalue weighted by Gasteiger charge is -2.11. The van der Waals surface area contributed by atoms with Crippen molar-refractivity contribution in [3.8, 4) is 11.5 Å². The van der Waals surface area contributed by atoms with Crippen molar-refractivity contribution in [1.82, 2.24) is 0 Å². The quantitative estimate of drug-likeness (QED) is 0.513. The van der Waals surface area contributed by atoms with Crippen LogP contribution in [-0.4, -0.2) is 18.5 Å². The van der Waals surface area contributed by atoms with E-state index in [1.807, 2.05) is 24.3 Å². The average molecular weight is 336 g/mol. The highest BCUT2D eigenvalue weighted by Crippen LogP contribution is 2.28. The normalized spacial score (nSPS) is 10.7. The van der Waals surface area contributed by atoms with E-state index in [4.69, 9.17) is 14.7 Å². The van der Waals surface area contributed by atoms with Crippen LogP contribution in [0.3, 0.4) is 0 Å². The molecule has 0 saturated heterocycles. The Morgan fingerprint density at radius 1 is 1.20 bits per heavy atom. The monoisotopic (exact) mass is 335 g/mol. The third-order valence-electron chi connectivity index (χ3n) is 2.68. The van der Waals surface area contributed by atoms with Crippen molar-refractivity contribution in [2.75, 3.05) is 7.11 Å². The lowest BCUT2D eigenvalue weighted by molar-refractivity contribution is 0.284. The standard InChI is InChI=1S/C15H14BrNO3/c1-19-14-6-5-11(9-17-18)8-15(14)20-10-12-3-2-4-13(16)7-12/h2-9,18H,10H2,1H3/b17-9+. The molecule has 0 aliphatic heterocycles. The summed E-state index contributed by atoms with van der Waals surface area (Å²) in [5, 5.41) is 11.6. The van der Waals surface area contributed by atoms with E-state index in [-0.39, 0.29) is 0 Å². The van der Waals surface area contributed by atoms with E-state index in [9.17, 15) is 0 Å². The first-order valence-electron chi connectivity index (χ1n) is 5.95. The summed E-state index contributed by atoms with van der Waals surface area (Å²) in [5.41, 5.74) is 1.78. The van der Waals surface area contributed by atoms with E-state index in [0.717, 1.165) is 15.6 Å². The van der Waals surface area contributed by atoms with Crippen molar-refractivity contribution in [2.45, 2.75) is 6.61 Å². The van der Waals surface area contributed by atoms with Crippen LogP contribution in [0.1, 0.15) is 11.1 Å². The number of methoxy groups -OCH3 is 1. The van der Waals surface area contributed by atoms with Gasteiger partial charge in [0.05, 0.1) is 13.3 Å². The van der Waals surface area contributed by atoms with Crippen LogP contribution in [0.2, 0.25) is 0 Å². The molecule has 0 aliphatic rings. The number of hydrogen-bond acceptors (Lipinski definition) is 4. The summed E-state index contributed by atoms with van der Waals surface area (Å²) in [5.74, 6) is 1.24. The van der Waals surface area contributed by atoms with Crippen LogP contribution in [0.5, 0.6) is 11.5 Å². The van der Waals surface area contributed by atoms with Crippen LogP contribution in [0.15, 0.2) is 52.1 Å². The summed E-state index contributed by atoms with van der Waals surface area (Å²) in [4.78, 5) is 0. The van der Waals surface area contributed by atoms with Gasteiger partial charge in [0.2, 0.25) is 0 Å². The van der Waals surface area contributed by atoms with Crippen LogP contribution in [0.25, 0.3) is 0 Å². The van der Waals surface area contributed by atoms with Crippen LogP contribution in [0, 0.1) is 0 Å². The number of halogens is 1. The third-order valence-corrected chi connectivity index (χ3v) is 3.17. The highest BCUT2D eigenvalue weighted by atomic mass is 79.9. The maximum atomic E-state index is 8.57. The predicted molar refractivity (Wildman–Crippen MR) is 80.8 cm³/mol. The van der Waals surface area contributed by atoms with Crippen molar-refractivity contribution in [3.63, 3.8) is 0 Å². The Hall–Kier alpha value is -2.01. The van der Waals surface area contributed by atoms with Crippen molar-refractivity contribution >= 4 is 22.1 Å². The van der Waals surface area contributed by atoms with Gasteiger partial charge in [0.1, 0.15) is 6.61 Å². The molecule has 2 aromatic carbocycles. The molecule has 0 aromatic heterocycles. The Balaban J connectivity index is 2.17. The van der Waals surface area contributed by atoms with Gasteiger partial charge in [0.15, 0.2) is 11.5 Å². The zero-order valence-corrected chi connectivity index (χ0v) is 12.5. The SMILES string of the molecule is COc1ccc(/C=N/O)cc1OCc1cccc(Br)c1. The number of hydrogen-bond donors (Lipinski definition) is 1. The molecule has 0 spiro atoms. The fraction of sp³-hybridized carbons (Fsp3) is 0.133. The molecule has 104 valence electrons. The molecule has 0 heterocycles. The second-order valence-corrected chi connectivity index (χ2v) is 4.99. The summed E-state index contributed by atoms with van der Waals surface area (Å²) in [6, 6.07) is 13.2. The number of ether oxygens (including phenoxy) is 2. The van der Waals surface area contributed by atoms with Gasteiger partial charge in [-0.15, -0.1) is 0 Å². The molecule has 20 heavy (non-hydrogen) atoms. The van der Waals surface area contributed by atoms with E-state index in [2.05, 4.69) is 21.1 Å². The zero-order valence-electron chi connectivity index (χ0n) is 10.9. The Morgan fingerprint density at radius 2 is 2.05 bits per heavy atom. The predicted octanol–water partition coefficient (Wildman–Crippen LogP) is 3.84. The molecule has 0 atom stereocenters. The van der Waals surface area contributed by atoms with Gasteiger partial charge in [-0.3, -0.25) is 0 Å². The summed E-state index contributed by atoms with van der Waals surface area (Å²) < 4.78 is 12.0. The molecule has 2 aromatic rings. The number of rotatable bonds is 5. The first-order valence-corrected chi connectivity index (χ1v) is 6.75. The first kappa shape index (κ1) is 14.4. The summed E-state index contributed by atoms with van der Waals surface area (Å²) in [6.07, 6.45) is 1.34. The maximum Gasteiger partial charge on any atom is 0.162 e. The summed E-state index contributed by atoms with van der Waals surface area (Å²) >= 11 is 3.42. The van der Waals surface area contributed by atoms with E-state index < -0.39 is 0 Å². The fourth-order valence-electron chi connectivity index (χ4n) is 1.74. The van der Waals surface area contributed by atoms with Crippen molar-refractivity contribution in [3.05, 3.63) is 58.1 Å². The highest BCUT2D eigenvalue weighted by Gasteiger charge is 2.06. The van der Waals surface area contributed by atoms with Crippen molar-refractivity contribution in [2.24, 2.45) is 5.16 Å². The maximum absolute atomic E-state index is 8.57. The van der Waals surface area contributed by atoms with Crippen molar-refractivity contribution in [1.29, 1.82) is 0 Å². The fourth-order valence-corrected chi connectivity index (χ4v) is 2.19. The minimum absolute atomic E-state index is 0.426. The molecule has 0 amide bonds. The highest BCUT2D eigenvalue weighted by molar-refractivity contribution is 9.10. The van der Waals surface area contributed by atoms with Crippen molar-refractivity contribution < 1.29 is 14.7 Å². The largest absolute Gasteiger partial charge is 0.493 e. The summed E-state index contributed by atoms with van der Waals surface area (Å²) in [6.45, 7) is 0.426. The lowest BCUT2D eigenvalue weighted by Crippen LogP contribution is -1.98. The Morgan fingerprint density at radius 3 is 2.75 bits per heavy atom. The Bertz CT molecular complexity index is 614. The van der Waals surface area contributed by atoms with Gasteiger partial charge in [-0.2, -0.15) is 0 Å². The second-order valence-electron chi connectivity index (χ2n) is 4.07. The van der Waals surface area contributed by atoms with Gasteiger partial charge in [-0.05, 0) is 35.9 Å². The Kier molecular flexibility index (Phi) is 5.01. The lowest BCUT2D eigenvalue weighted by atomic mass is 10.2. The van der Waals surface area contributed by atoms with Crippen LogP contribution in [0.4, 0.5) is 0 Å². The topological polar surface area (TPSA) is 51.0 Å². The van der Waals surface area contributed by atoms with Gasteiger partial charge < -0.3 is 14.7 Å². The third kappa shape index (κ3) is 3.74.